The van der Waals surface area contributed by atoms with E-state index in [-0.39, 0.29) is 5.56 Å². The topological polar surface area (TPSA) is 64.2 Å². The van der Waals surface area contributed by atoms with Gasteiger partial charge in [0.05, 0.1) is 18.4 Å². The summed E-state index contributed by atoms with van der Waals surface area (Å²) in [4.78, 5) is 14.1. The summed E-state index contributed by atoms with van der Waals surface area (Å²) in [5.74, 6) is 0. The largest absolute Gasteiger partial charge is 0.373 e. The van der Waals surface area contributed by atoms with E-state index in [0.29, 0.717) is 13.1 Å². The Hall–Kier alpha value is -2.14. The summed E-state index contributed by atoms with van der Waals surface area (Å²) in [6.45, 7) is 5.90. The first-order valence-corrected chi connectivity index (χ1v) is 7.12. The van der Waals surface area contributed by atoms with E-state index in [0.717, 1.165) is 28.9 Å². The number of anilines is 1. The second-order valence-electron chi connectivity index (χ2n) is 5.19. The zero-order chi connectivity index (χ0) is 15.4. The highest BCUT2D eigenvalue weighted by molar-refractivity contribution is 5.41. The van der Waals surface area contributed by atoms with Crippen LogP contribution in [0.2, 0.25) is 0 Å². The van der Waals surface area contributed by atoms with Crippen molar-refractivity contribution in [1.29, 1.82) is 0 Å². The summed E-state index contributed by atoms with van der Waals surface area (Å²) < 4.78 is 1.48. The van der Waals surface area contributed by atoms with E-state index < -0.39 is 0 Å². The SMILES string of the molecule is CCN(C)c1cnn(Cc2ccc(CN)cc2C)c(=O)c1. The van der Waals surface area contributed by atoms with Crippen molar-refractivity contribution in [3.63, 3.8) is 0 Å². The van der Waals surface area contributed by atoms with Crippen LogP contribution in [0.3, 0.4) is 0 Å². The molecule has 5 heteroatoms. The Morgan fingerprint density at radius 2 is 2.10 bits per heavy atom. The number of rotatable bonds is 5. The zero-order valence-electron chi connectivity index (χ0n) is 12.8. The molecule has 1 aromatic carbocycles. The van der Waals surface area contributed by atoms with Gasteiger partial charge in [0.1, 0.15) is 0 Å². The van der Waals surface area contributed by atoms with Crippen LogP contribution in [-0.4, -0.2) is 23.4 Å². The van der Waals surface area contributed by atoms with E-state index in [2.05, 4.69) is 11.2 Å². The number of aryl methyl sites for hydroxylation is 1. The van der Waals surface area contributed by atoms with Gasteiger partial charge in [-0.2, -0.15) is 5.10 Å². The summed E-state index contributed by atoms with van der Waals surface area (Å²) in [7, 11) is 1.94. The lowest BCUT2D eigenvalue weighted by Crippen LogP contribution is -2.26. The van der Waals surface area contributed by atoms with Crippen LogP contribution in [0.25, 0.3) is 0 Å². The lowest BCUT2D eigenvalue weighted by molar-refractivity contribution is 0.635. The van der Waals surface area contributed by atoms with Gasteiger partial charge >= 0.3 is 0 Å². The molecule has 1 aromatic heterocycles. The third kappa shape index (κ3) is 3.49. The molecular weight excluding hydrogens is 264 g/mol. The molecule has 0 aliphatic carbocycles. The van der Waals surface area contributed by atoms with Crippen LogP contribution < -0.4 is 16.2 Å². The maximum Gasteiger partial charge on any atom is 0.269 e. The van der Waals surface area contributed by atoms with Crippen LogP contribution >= 0.6 is 0 Å². The van der Waals surface area contributed by atoms with Gasteiger partial charge in [-0.05, 0) is 30.5 Å². The quantitative estimate of drug-likeness (QED) is 0.905. The number of nitrogens with two attached hydrogens (primary N) is 1. The minimum Gasteiger partial charge on any atom is -0.373 e. The molecule has 0 aliphatic rings. The smallest absolute Gasteiger partial charge is 0.269 e. The molecule has 5 nitrogen and oxygen atoms in total. The summed E-state index contributed by atoms with van der Waals surface area (Å²) in [6, 6.07) is 7.68. The van der Waals surface area contributed by atoms with Gasteiger partial charge in [0.15, 0.2) is 0 Å². The molecule has 0 saturated carbocycles. The second-order valence-corrected chi connectivity index (χ2v) is 5.19. The second kappa shape index (κ2) is 6.54. The Morgan fingerprint density at radius 3 is 2.67 bits per heavy atom. The average molecular weight is 286 g/mol. The molecule has 112 valence electrons. The van der Waals surface area contributed by atoms with Crippen LogP contribution in [0.1, 0.15) is 23.6 Å². The van der Waals surface area contributed by atoms with Crippen LogP contribution in [0.15, 0.2) is 35.3 Å². The third-order valence-corrected chi connectivity index (χ3v) is 3.73. The molecule has 0 spiro atoms. The predicted octanol–water partition coefficient (Wildman–Crippen LogP) is 1.51. The first-order valence-electron chi connectivity index (χ1n) is 7.12. The standard InChI is InChI=1S/C16H22N4O/c1-4-19(3)15-8-16(21)20(18-10-15)11-14-6-5-13(9-17)7-12(14)2/h5-8,10H,4,9,11,17H2,1-3H3. The monoisotopic (exact) mass is 286 g/mol. The van der Waals surface area contributed by atoms with Gasteiger partial charge in [0, 0.05) is 26.2 Å². The summed E-state index contributed by atoms with van der Waals surface area (Å²) in [5.41, 5.74) is 9.69. The molecule has 0 unspecified atom stereocenters. The Labute approximate surface area is 125 Å². The average Bonchev–Trinajstić information content (AvgIpc) is 2.50. The minimum absolute atomic E-state index is 0.0879. The van der Waals surface area contributed by atoms with Gasteiger partial charge in [-0.15, -0.1) is 0 Å². The van der Waals surface area contributed by atoms with Crippen LogP contribution in [0.5, 0.6) is 0 Å². The van der Waals surface area contributed by atoms with Gasteiger partial charge in [-0.1, -0.05) is 18.2 Å². The van der Waals surface area contributed by atoms with Crippen LogP contribution in [-0.2, 0) is 13.1 Å². The summed E-state index contributed by atoms with van der Waals surface area (Å²) in [6.07, 6.45) is 1.73. The molecule has 21 heavy (non-hydrogen) atoms. The number of nitrogens with zero attached hydrogens (tertiary/aromatic N) is 3. The Kier molecular flexibility index (Phi) is 4.75. The van der Waals surface area contributed by atoms with Gasteiger partial charge in [0.2, 0.25) is 0 Å². The van der Waals surface area contributed by atoms with Crippen molar-refractivity contribution in [3.05, 3.63) is 57.5 Å². The molecule has 2 aromatic rings. The maximum absolute atomic E-state index is 12.2. The minimum atomic E-state index is -0.0879. The van der Waals surface area contributed by atoms with Crippen LogP contribution in [0.4, 0.5) is 5.69 Å². The van der Waals surface area contributed by atoms with Crippen molar-refractivity contribution < 1.29 is 0 Å². The Morgan fingerprint density at radius 1 is 1.33 bits per heavy atom. The molecule has 0 atom stereocenters. The van der Waals surface area contributed by atoms with Crippen molar-refractivity contribution in [3.8, 4) is 0 Å². The number of benzene rings is 1. The molecule has 0 fully saturated rings. The Balaban J connectivity index is 2.26. The fraction of sp³-hybridized carbons (Fsp3) is 0.375. The van der Waals surface area contributed by atoms with E-state index in [1.54, 1.807) is 12.3 Å². The van der Waals surface area contributed by atoms with Gasteiger partial charge < -0.3 is 10.6 Å². The highest BCUT2D eigenvalue weighted by Crippen LogP contribution is 2.12. The fourth-order valence-electron chi connectivity index (χ4n) is 2.16. The number of aromatic nitrogens is 2. The van der Waals surface area contributed by atoms with Crippen molar-refractivity contribution in [2.24, 2.45) is 5.73 Å². The molecule has 0 radical (unpaired) electrons. The maximum atomic E-state index is 12.2. The van der Waals surface area contributed by atoms with E-state index in [1.165, 1.54) is 4.68 Å². The fourth-order valence-corrected chi connectivity index (χ4v) is 2.16. The lowest BCUT2D eigenvalue weighted by atomic mass is 10.1. The van der Waals surface area contributed by atoms with Crippen molar-refractivity contribution in [2.75, 3.05) is 18.5 Å². The lowest BCUT2D eigenvalue weighted by Gasteiger charge is -2.16. The zero-order valence-corrected chi connectivity index (χ0v) is 12.8. The van der Waals surface area contributed by atoms with E-state index in [9.17, 15) is 4.79 Å². The third-order valence-electron chi connectivity index (χ3n) is 3.73. The van der Waals surface area contributed by atoms with Gasteiger partial charge in [-0.25, -0.2) is 4.68 Å². The molecule has 2 N–H and O–H groups in total. The molecule has 0 amide bonds. The van der Waals surface area contributed by atoms with E-state index in [4.69, 9.17) is 5.73 Å². The molecule has 1 heterocycles. The van der Waals surface area contributed by atoms with E-state index in [1.807, 2.05) is 37.9 Å². The highest BCUT2D eigenvalue weighted by Gasteiger charge is 2.06. The first kappa shape index (κ1) is 15.3. The van der Waals surface area contributed by atoms with E-state index >= 15 is 0 Å². The number of hydrogen-bond acceptors (Lipinski definition) is 4. The molecular formula is C16H22N4O. The van der Waals surface area contributed by atoms with Gasteiger partial charge in [0.25, 0.3) is 5.56 Å². The van der Waals surface area contributed by atoms with Gasteiger partial charge in [-0.3, -0.25) is 4.79 Å². The predicted molar refractivity (Wildman–Crippen MR) is 85.6 cm³/mol. The highest BCUT2D eigenvalue weighted by atomic mass is 16.1. The Bertz CT molecular complexity index is 678. The molecule has 0 bridgehead atoms. The van der Waals surface area contributed by atoms with Crippen molar-refractivity contribution in [1.82, 2.24) is 9.78 Å². The summed E-state index contributed by atoms with van der Waals surface area (Å²) in [5, 5.41) is 4.26. The molecule has 2 rings (SSSR count). The molecule has 0 saturated heterocycles. The summed E-state index contributed by atoms with van der Waals surface area (Å²) >= 11 is 0. The first-order chi connectivity index (χ1) is 10.0. The van der Waals surface area contributed by atoms with Crippen molar-refractivity contribution in [2.45, 2.75) is 26.9 Å². The van der Waals surface area contributed by atoms with Crippen LogP contribution in [0, 0.1) is 6.92 Å². The normalized spacial score (nSPS) is 10.7. The van der Waals surface area contributed by atoms with Crippen molar-refractivity contribution >= 4 is 5.69 Å². The molecule has 0 aliphatic heterocycles. The number of hydrogen-bond donors (Lipinski definition) is 1.